The SMILES string of the molecule is O=C(NC1CC1)C1CCCN1C(=O)c1cncc(Cl)n1. The molecule has 3 rings (SSSR count). The molecule has 6 nitrogen and oxygen atoms in total. The van der Waals surface area contributed by atoms with Crippen LogP contribution in [-0.2, 0) is 4.79 Å². The van der Waals surface area contributed by atoms with Crippen LogP contribution in [0, 0.1) is 0 Å². The number of aromatic nitrogens is 2. The van der Waals surface area contributed by atoms with Gasteiger partial charge in [0.1, 0.15) is 16.9 Å². The van der Waals surface area contributed by atoms with Crippen LogP contribution in [-0.4, -0.2) is 45.3 Å². The molecule has 2 amide bonds. The maximum absolute atomic E-state index is 12.4. The number of likely N-dealkylation sites (tertiary alicyclic amines) is 1. The van der Waals surface area contributed by atoms with E-state index in [9.17, 15) is 9.59 Å². The fourth-order valence-corrected chi connectivity index (χ4v) is 2.55. The van der Waals surface area contributed by atoms with Crippen LogP contribution < -0.4 is 5.32 Å². The molecule has 1 aromatic rings. The summed E-state index contributed by atoms with van der Waals surface area (Å²) in [6, 6.07) is -0.102. The Kier molecular flexibility index (Phi) is 3.56. The molecule has 1 aliphatic heterocycles. The van der Waals surface area contributed by atoms with Crippen molar-refractivity contribution in [3.63, 3.8) is 0 Å². The van der Waals surface area contributed by atoms with Crippen molar-refractivity contribution >= 4 is 23.4 Å². The van der Waals surface area contributed by atoms with Crippen molar-refractivity contribution in [1.82, 2.24) is 20.2 Å². The average molecular weight is 295 g/mol. The van der Waals surface area contributed by atoms with Crippen molar-refractivity contribution in [2.24, 2.45) is 0 Å². The van der Waals surface area contributed by atoms with Crippen LogP contribution in [0.15, 0.2) is 12.4 Å². The van der Waals surface area contributed by atoms with Crippen LogP contribution >= 0.6 is 11.6 Å². The molecule has 7 heteroatoms. The first-order valence-corrected chi connectivity index (χ1v) is 7.12. The molecular formula is C13H15ClN4O2. The van der Waals surface area contributed by atoms with Crippen molar-refractivity contribution < 1.29 is 9.59 Å². The fraction of sp³-hybridized carbons (Fsp3) is 0.538. The molecule has 1 aromatic heterocycles. The normalized spacial score (nSPS) is 21.9. The quantitative estimate of drug-likeness (QED) is 0.903. The van der Waals surface area contributed by atoms with E-state index < -0.39 is 6.04 Å². The van der Waals surface area contributed by atoms with Gasteiger partial charge in [-0.3, -0.25) is 14.6 Å². The molecule has 2 aliphatic rings. The molecule has 1 unspecified atom stereocenters. The number of nitrogens with zero attached hydrogens (tertiary/aromatic N) is 3. The standard InChI is InChI=1S/C13H15ClN4O2/c14-11-7-15-6-9(17-11)13(20)18-5-1-2-10(18)12(19)16-8-3-4-8/h6-8,10H,1-5H2,(H,16,19). The first-order valence-electron chi connectivity index (χ1n) is 6.74. The molecule has 0 aromatic carbocycles. The van der Waals surface area contributed by atoms with E-state index in [4.69, 9.17) is 11.6 Å². The summed E-state index contributed by atoms with van der Waals surface area (Å²) in [5.74, 6) is -0.346. The summed E-state index contributed by atoms with van der Waals surface area (Å²) < 4.78 is 0. The monoisotopic (exact) mass is 294 g/mol. The Morgan fingerprint density at radius 2 is 2.10 bits per heavy atom. The topological polar surface area (TPSA) is 75.2 Å². The minimum atomic E-state index is -0.399. The Hall–Kier alpha value is -1.69. The number of amides is 2. The predicted molar refractivity (Wildman–Crippen MR) is 72.3 cm³/mol. The van der Waals surface area contributed by atoms with E-state index in [1.54, 1.807) is 4.90 Å². The molecular weight excluding hydrogens is 280 g/mol. The highest BCUT2D eigenvalue weighted by atomic mass is 35.5. The molecule has 1 aliphatic carbocycles. The molecule has 1 atom stereocenters. The minimum Gasteiger partial charge on any atom is -0.352 e. The third-order valence-corrected chi connectivity index (χ3v) is 3.75. The average Bonchev–Trinajstić information content (AvgIpc) is 3.10. The number of hydrogen-bond donors (Lipinski definition) is 1. The molecule has 1 saturated carbocycles. The molecule has 2 heterocycles. The highest BCUT2D eigenvalue weighted by Gasteiger charge is 2.37. The Bertz CT molecular complexity index is 547. The fourth-order valence-electron chi connectivity index (χ4n) is 2.40. The number of halogens is 1. The van der Waals surface area contributed by atoms with E-state index in [-0.39, 0.29) is 22.7 Å². The lowest BCUT2D eigenvalue weighted by Crippen LogP contribution is -2.46. The second-order valence-electron chi connectivity index (χ2n) is 5.17. The first kappa shape index (κ1) is 13.3. The minimum absolute atomic E-state index is 0.0617. The first-order chi connectivity index (χ1) is 9.65. The highest BCUT2D eigenvalue weighted by molar-refractivity contribution is 6.29. The molecule has 1 saturated heterocycles. The maximum Gasteiger partial charge on any atom is 0.274 e. The summed E-state index contributed by atoms with van der Waals surface area (Å²) in [5.41, 5.74) is 0.184. The van der Waals surface area contributed by atoms with Crippen molar-refractivity contribution in [3.8, 4) is 0 Å². The van der Waals surface area contributed by atoms with Gasteiger partial charge in [-0.2, -0.15) is 0 Å². The van der Waals surface area contributed by atoms with E-state index in [0.29, 0.717) is 19.0 Å². The molecule has 0 spiro atoms. The van der Waals surface area contributed by atoms with Gasteiger partial charge in [-0.15, -0.1) is 0 Å². The maximum atomic E-state index is 12.4. The number of hydrogen-bond acceptors (Lipinski definition) is 4. The highest BCUT2D eigenvalue weighted by Crippen LogP contribution is 2.23. The third kappa shape index (κ3) is 2.75. The number of carbonyl (C=O) groups is 2. The van der Waals surface area contributed by atoms with Crippen molar-refractivity contribution in [2.75, 3.05) is 6.54 Å². The van der Waals surface area contributed by atoms with E-state index in [1.165, 1.54) is 12.4 Å². The lowest BCUT2D eigenvalue weighted by Gasteiger charge is -2.23. The van der Waals surface area contributed by atoms with Gasteiger partial charge < -0.3 is 10.2 Å². The van der Waals surface area contributed by atoms with Gasteiger partial charge >= 0.3 is 0 Å². The van der Waals surface area contributed by atoms with E-state index in [2.05, 4.69) is 15.3 Å². The van der Waals surface area contributed by atoms with Crippen molar-refractivity contribution in [2.45, 2.75) is 37.8 Å². The zero-order valence-electron chi connectivity index (χ0n) is 10.9. The largest absolute Gasteiger partial charge is 0.352 e. The zero-order valence-corrected chi connectivity index (χ0v) is 11.6. The van der Waals surface area contributed by atoms with E-state index in [1.807, 2.05) is 0 Å². The summed E-state index contributed by atoms with van der Waals surface area (Å²) in [5, 5.41) is 3.12. The Labute approximate surface area is 121 Å². The second kappa shape index (κ2) is 5.36. The summed E-state index contributed by atoms with van der Waals surface area (Å²) >= 11 is 5.75. The Balaban J connectivity index is 1.73. The van der Waals surface area contributed by atoms with Crippen LogP contribution in [0.2, 0.25) is 5.15 Å². The van der Waals surface area contributed by atoms with Gasteiger partial charge in [-0.05, 0) is 25.7 Å². The Morgan fingerprint density at radius 3 is 2.80 bits per heavy atom. The van der Waals surface area contributed by atoms with Crippen LogP contribution in [0.4, 0.5) is 0 Å². The van der Waals surface area contributed by atoms with Crippen LogP contribution in [0.5, 0.6) is 0 Å². The molecule has 1 N–H and O–H groups in total. The zero-order chi connectivity index (χ0) is 14.1. The summed E-state index contributed by atoms with van der Waals surface area (Å²) in [6.45, 7) is 0.565. The summed E-state index contributed by atoms with van der Waals surface area (Å²) in [6.07, 6.45) is 6.33. The molecule has 0 bridgehead atoms. The van der Waals surface area contributed by atoms with Crippen molar-refractivity contribution in [3.05, 3.63) is 23.2 Å². The van der Waals surface area contributed by atoms with Gasteiger partial charge in [0, 0.05) is 12.6 Å². The smallest absolute Gasteiger partial charge is 0.274 e. The van der Waals surface area contributed by atoms with Gasteiger partial charge in [-0.1, -0.05) is 11.6 Å². The number of nitrogens with one attached hydrogen (secondary N) is 1. The lowest BCUT2D eigenvalue weighted by molar-refractivity contribution is -0.125. The Morgan fingerprint density at radius 1 is 1.30 bits per heavy atom. The van der Waals surface area contributed by atoms with Gasteiger partial charge in [0.2, 0.25) is 5.91 Å². The lowest BCUT2D eigenvalue weighted by atomic mass is 10.2. The van der Waals surface area contributed by atoms with Crippen LogP contribution in [0.1, 0.15) is 36.2 Å². The summed E-state index contributed by atoms with van der Waals surface area (Å²) in [4.78, 5) is 33.9. The molecule has 106 valence electrons. The van der Waals surface area contributed by atoms with Gasteiger partial charge in [0.25, 0.3) is 5.91 Å². The van der Waals surface area contributed by atoms with Gasteiger partial charge in [0.05, 0.1) is 12.4 Å². The van der Waals surface area contributed by atoms with Gasteiger partial charge in [-0.25, -0.2) is 4.98 Å². The third-order valence-electron chi connectivity index (χ3n) is 3.56. The van der Waals surface area contributed by atoms with Gasteiger partial charge in [0.15, 0.2) is 0 Å². The molecule has 20 heavy (non-hydrogen) atoms. The van der Waals surface area contributed by atoms with Crippen LogP contribution in [0.3, 0.4) is 0 Å². The van der Waals surface area contributed by atoms with Crippen molar-refractivity contribution in [1.29, 1.82) is 0 Å². The number of carbonyl (C=O) groups excluding carboxylic acids is 2. The van der Waals surface area contributed by atoms with E-state index >= 15 is 0 Å². The van der Waals surface area contributed by atoms with E-state index in [0.717, 1.165) is 19.3 Å². The predicted octanol–water partition coefficient (Wildman–Crippen LogP) is 1.01. The van der Waals surface area contributed by atoms with Crippen LogP contribution in [0.25, 0.3) is 0 Å². The second-order valence-corrected chi connectivity index (χ2v) is 5.55. The number of rotatable bonds is 3. The summed E-state index contributed by atoms with van der Waals surface area (Å²) in [7, 11) is 0. The molecule has 0 radical (unpaired) electrons. The molecule has 2 fully saturated rings.